The third-order valence-electron chi connectivity index (χ3n) is 3.84. The highest BCUT2D eigenvalue weighted by Crippen LogP contribution is 2.22. The third-order valence-corrected chi connectivity index (χ3v) is 4.09. The lowest BCUT2D eigenvalue weighted by molar-refractivity contribution is -0.122. The molecule has 130 valence electrons. The summed E-state index contributed by atoms with van der Waals surface area (Å²) in [5.41, 5.74) is 0.915. The highest BCUT2D eigenvalue weighted by Gasteiger charge is 2.25. The minimum Gasteiger partial charge on any atom is -0.481 e. The van der Waals surface area contributed by atoms with Crippen LogP contribution in [0.4, 0.5) is 5.69 Å². The van der Waals surface area contributed by atoms with Gasteiger partial charge >= 0.3 is 0 Å². The molecule has 0 aliphatic heterocycles. The van der Waals surface area contributed by atoms with Crippen molar-refractivity contribution in [2.24, 2.45) is 0 Å². The molecule has 2 N–H and O–H groups in total. The van der Waals surface area contributed by atoms with E-state index in [9.17, 15) is 9.59 Å². The van der Waals surface area contributed by atoms with E-state index in [0.29, 0.717) is 22.0 Å². The highest BCUT2D eigenvalue weighted by atomic mass is 35.5. The molecule has 0 spiro atoms. The number of carbonyl (C=O) groups excluding carboxylic acids is 2. The van der Waals surface area contributed by atoms with Gasteiger partial charge in [-0.25, -0.2) is 0 Å². The zero-order valence-corrected chi connectivity index (χ0v) is 14.5. The van der Waals surface area contributed by atoms with Gasteiger partial charge in [0.25, 0.3) is 11.8 Å². The van der Waals surface area contributed by atoms with Crippen molar-refractivity contribution in [3.63, 3.8) is 0 Å². The van der Waals surface area contributed by atoms with Gasteiger partial charge in [-0.1, -0.05) is 23.7 Å². The molecule has 25 heavy (non-hydrogen) atoms. The van der Waals surface area contributed by atoms with Gasteiger partial charge in [0, 0.05) is 11.1 Å². The molecule has 1 aliphatic rings. The number of rotatable bonds is 6. The lowest BCUT2D eigenvalue weighted by Crippen LogP contribution is -2.32. The van der Waals surface area contributed by atoms with E-state index in [1.807, 2.05) is 0 Å². The van der Waals surface area contributed by atoms with Gasteiger partial charge in [0.05, 0.1) is 11.3 Å². The number of amides is 2. The summed E-state index contributed by atoms with van der Waals surface area (Å²) >= 11 is 5.83. The Morgan fingerprint density at radius 2 is 1.80 bits per heavy atom. The van der Waals surface area contributed by atoms with Crippen LogP contribution in [-0.2, 0) is 4.79 Å². The number of halogens is 1. The molecule has 5 nitrogen and oxygen atoms in total. The maximum atomic E-state index is 12.4. The van der Waals surface area contributed by atoms with E-state index in [2.05, 4.69) is 10.6 Å². The van der Waals surface area contributed by atoms with Gasteiger partial charge in [-0.2, -0.15) is 0 Å². The van der Waals surface area contributed by atoms with E-state index in [-0.39, 0.29) is 17.9 Å². The molecule has 1 fully saturated rings. The zero-order valence-electron chi connectivity index (χ0n) is 13.8. The van der Waals surface area contributed by atoms with Gasteiger partial charge in [0.2, 0.25) is 0 Å². The van der Waals surface area contributed by atoms with Crippen LogP contribution >= 0.6 is 11.6 Å². The second-order valence-corrected chi connectivity index (χ2v) is 6.43. The fraction of sp³-hybridized carbons (Fsp3) is 0.263. The number of hydrogen-bond donors (Lipinski definition) is 2. The van der Waals surface area contributed by atoms with Crippen molar-refractivity contribution in [3.05, 3.63) is 59.1 Å². The molecule has 2 aromatic rings. The Balaban J connectivity index is 1.65. The Morgan fingerprint density at radius 3 is 2.48 bits per heavy atom. The number of ether oxygens (including phenoxy) is 1. The van der Waals surface area contributed by atoms with Crippen molar-refractivity contribution in [1.82, 2.24) is 5.32 Å². The largest absolute Gasteiger partial charge is 0.481 e. The van der Waals surface area contributed by atoms with Crippen molar-refractivity contribution in [2.75, 3.05) is 5.32 Å². The Morgan fingerprint density at radius 1 is 1.12 bits per heavy atom. The highest BCUT2D eigenvalue weighted by molar-refractivity contribution is 6.30. The third kappa shape index (κ3) is 4.73. The molecule has 3 rings (SSSR count). The number of hydrogen-bond acceptors (Lipinski definition) is 3. The van der Waals surface area contributed by atoms with Gasteiger partial charge in [-0.15, -0.1) is 0 Å². The molecular formula is C19H19ClN2O3. The van der Waals surface area contributed by atoms with E-state index in [0.717, 1.165) is 12.8 Å². The molecule has 1 aliphatic carbocycles. The van der Waals surface area contributed by atoms with Gasteiger partial charge in [-0.3, -0.25) is 9.59 Å². The molecule has 0 heterocycles. The second-order valence-electron chi connectivity index (χ2n) is 6.00. The molecule has 1 atom stereocenters. The van der Waals surface area contributed by atoms with Crippen LogP contribution in [0.3, 0.4) is 0 Å². The first-order valence-corrected chi connectivity index (χ1v) is 8.53. The molecule has 6 heteroatoms. The number of para-hydroxylation sites is 1. The number of anilines is 1. The smallest absolute Gasteiger partial charge is 0.265 e. The van der Waals surface area contributed by atoms with Gasteiger partial charge < -0.3 is 15.4 Å². The fourth-order valence-corrected chi connectivity index (χ4v) is 2.41. The Labute approximate surface area is 151 Å². The summed E-state index contributed by atoms with van der Waals surface area (Å²) in [6.45, 7) is 1.65. The number of carbonyl (C=O) groups is 2. The van der Waals surface area contributed by atoms with Crippen LogP contribution in [0.15, 0.2) is 48.5 Å². The maximum absolute atomic E-state index is 12.4. The van der Waals surface area contributed by atoms with Crippen LogP contribution in [0.5, 0.6) is 5.75 Å². The first-order valence-electron chi connectivity index (χ1n) is 8.16. The molecule has 1 saturated carbocycles. The van der Waals surface area contributed by atoms with Crippen LogP contribution in [0.25, 0.3) is 0 Å². The fourth-order valence-electron chi connectivity index (χ4n) is 2.29. The second kappa shape index (κ2) is 7.57. The lowest BCUT2D eigenvalue weighted by Gasteiger charge is -2.16. The molecule has 2 aromatic carbocycles. The van der Waals surface area contributed by atoms with Gasteiger partial charge in [0.15, 0.2) is 6.10 Å². The predicted molar refractivity (Wildman–Crippen MR) is 97.1 cm³/mol. The quantitative estimate of drug-likeness (QED) is 0.828. The predicted octanol–water partition coefficient (Wildman–Crippen LogP) is 3.64. The molecule has 0 saturated heterocycles. The van der Waals surface area contributed by atoms with Crippen molar-refractivity contribution in [3.8, 4) is 5.75 Å². The maximum Gasteiger partial charge on any atom is 0.265 e. The summed E-state index contributed by atoms with van der Waals surface area (Å²) in [5, 5.41) is 6.29. The zero-order chi connectivity index (χ0) is 17.8. The Bertz CT molecular complexity index is 772. The monoisotopic (exact) mass is 358 g/mol. The summed E-state index contributed by atoms with van der Waals surface area (Å²) in [6, 6.07) is 14.0. The minimum absolute atomic E-state index is 0.176. The average Bonchev–Trinajstić information content (AvgIpc) is 3.41. The van der Waals surface area contributed by atoms with Crippen molar-refractivity contribution in [2.45, 2.75) is 31.9 Å². The van der Waals surface area contributed by atoms with Crippen molar-refractivity contribution >= 4 is 29.1 Å². The number of benzene rings is 2. The summed E-state index contributed by atoms with van der Waals surface area (Å²) in [6.07, 6.45) is 1.29. The van der Waals surface area contributed by atoms with Crippen LogP contribution in [0.2, 0.25) is 5.02 Å². The minimum atomic E-state index is -0.722. The lowest BCUT2D eigenvalue weighted by atomic mass is 10.1. The van der Waals surface area contributed by atoms with Crippen LogP contribution in [0, 0.1) is 0 Å². The van der Waals surface area contributed by atoms with Crippen LogP contribution in [0.1, 0.15) is 30.1 Å². The van der Waals surface area contributed by atoms with Crippen LogP contribution < -0.4 is 15.4 Å². The molecule has 0 aromatic heterocycles. The Kier molecular flexibility index (Phi) is 5.24. The van der Waals surface area contributed by atoms with Gasteiger partial charge in [0.1, 0.15) is 5.75 Å². The topological polar surface area (TPSA) is 67.4 Å². The van der Waals surface area contributed by atoms with Crippen LogP contribution in [-0.4, -0.2) is 24.0 Å². The van der Waals surface area contributed by atoms with Crippen molar-refractivity contribution in [1.29, 1.82) is 0 Å². The molecule has 0 bridgehead atoms. The molecule has 1 unspecified atom stereocenters. The summed E-state index contributed by atoms with van der Waals surface area (Å²) < 4.78 is 5.61. The molecular weight excluding hydrogens is 340 g/mol. The normalized spacial score (nSPS) is 14.5. The van der Waals surface area contributed by atoms with E-state index >= 15 is 0 Å². The first kappa shape index (κ1) is 17.3. The van der Waals surface area contributed by atoms with E-state index in [1.54, 1.807) is 55.5 Å². The Hall–Kier alpha value is -2.53. The average molecular weight is 359 g/mol. The van der Waals surface area contributed by atoms with Crippen molar-refractivity contribution < 1.29 is 14.3 Å². The summed E-state index contributed by atoms with van der Waals surface area (Å²) in [5.74, 6) is 0.0399. The van der Waals surface area contributed by atoms with E-state index in [1.165, 1.54) is 0 Å². The molecule has 0 radical (unpaired) electrons. The van der Waals surface area contributed by atoms with Gasteiger partial charge in [-0.05, 0) is 56.2 Å². The molecule has 2 amide bonds. The van der Waals surface area contributed by atoms with E-state index < -0.39 is 6.10 Å². The SMILES string of the molecule is CC(Oc1ccc(Cl)cc1)C(=O)Nc1ccccc1C(=O)NC1CC1. The number of nitrogens with one attached hydrogen (secondary N) is 2. The summed E-state index contributed by atoms with van der Waals surface area (Å²) in [7, 11) is 0. The standard InChI is InChI=1S/C19H19ClN2O3/c1-12(25-15-10-6-13(20)7-11-15)18(23)22-17-5-3-2-4-16(17)19(24)21-14-8-9-14/h2-7,10-12,14H,8-9H2,1H3,(H,21,24)(H,22,23). The first-order chi connectivity index (χ1) is 12.0. The van der Waals surface area contributed by atoms with E-state index in [4.69, 9.17) is 16.3 Å². The summed E-state index contributed by atoms with van der Waals surface area (Å²) in [4.78, 5) is 24.7.